The van der Waals surface area contributed by atoms with Gasteiger partial charge in [0.25, 0.3) is 0 Å². The second kappa shape index (κ2) is 6.57. The molecule has 1 rings (SSSR count). The summed E-state index contributed by atoms with van der Waals surface area (Å²) in [6.07, 6.45) is 1.19. The molecule has 1 aromatic heterocycles. The Kier molecular flexibility index (Phi) is 5.38. The van der Waals surface area contributed by atoms with Gasteiger partial charge in [-0.3, -0.25) is 0 Å². The predicted octanol–water partition coefficient (Wildman–Crippen LogP) is 3.46. The maximum atomic E-state index is 5.87. The van der Waals surface area contributed by atoms with E-state index in [1.807, 2.05) is 13.1 Å². The van der Waals surface area contributed by atoms with Gasteiger partial charge in [0.05, 0.1) is 6.10 Å². The van der Waals surface area contributed by atoms with Crippen molar-refractivity contribution in [1.82, 2.24) is 9.97 Å². The molecular weight excluding hydrogens is 226 g/mol. The Morgan fingerprint density at radius 3 is 2.33 bits per heavy atom. The highest BCUT2D eigenvalue weighted by atomic mass is 16.5. The fourth-order valence-electron chi connectivity index (χ4n) is 1.81. The van der Waals surface area contributed by atoms with Crippen molar-refractivity contribution in [2.45, 2.75) is 53.1 Å². The molecule has 0 aliphatic heterocycles. The summed E-state index contributed by atoms with van der Waals surface area (Å²) in [6, 6.07) is 1.85. The van der Waals surface area contributed by atoms with Crippen LogP contribution >= 0.6 is 0 Å². The van der Waals surface area contributed by atoms with E-state index in [2.05, 4.69) is 49.9 Å². The topological polar surface area (TPSA) is 47.0 Å². The molecule has 0 bridgehead atoms. The molecule has 0 amide bonds. The van der Waals surface area contributed by atoms with Crippen LogP contribution < -0.4 is 10.1 Å². The van der Waals surface area contributed by atoms with Crippen molar-refractivity contribution in [2.24, 2.45) is 5.92 Å². The van der Waals surface area contributed by atoms with E-state index in [4.69, 9.17) is 4.74 Å². The molecular formula is C14H25N3O. The van der Waals surface area contributed by atoms with E-state index in [9.17, 15) is 0 Å². The first-order chi connectivity index (χ1) is 8.42. The van der Waals surface area contributed by atoms with Gasteiger partial charge in [-0.25, -0.2) is 4.98 Å². The second-order valence-corrected chi connectivity index (χ2v) is 5.41. The molecule has 0 saturated heterocycles. The number of nitrogens with zero attached hydrogens (tertiary/aromatic N) is 2. The highest BCUT2D eigenvalue weighted by Gasteiger charge is 2.12. The number of anilines is 1. The summed E-state index contributed by atoms with van der Waals surface area (Å²) in [5.41, 5.74) is 0. The largest absolute Gasteiger partial charge is 0.474 e. The molecule has 1 unspecified atom stereocenters. The average molecular weight is 251 g/mol. The lowest BCUT2D eigenvalue weighted by molar-refractivity contribution is 0.185. The van der Waals surface area contributed by atoms with Crippen LogP contribution in [0.3, 0.4) is 0 Å². The van der Waals surface area contributed by atoms with E-state index >= 15 is 0 Å². The quantitative estimate of drug-likeness (QED) is 0.841. The van der Waals surface area contributed by atoms with Gasteiger partial charge in [-0.05, 0) is 19.3 Å². The molecule has 0 spiro atoms. The van der Waals surface area contributed by atoms with Crippen LogP contribution in [0.2, 0.25) is 0 Å². The fraction of sp³-hybridized carbons (Fsp3) is 0.714. The van der Waals surface area contributed by atoms with Gasteiger partial charge < -0.3 is 10.1 Å². The van der Waals surface area contributed by atoms with Gasteiger partial charge in [0.15, 0.2) is 0 Å². The van der Waals surface area contributed by atoms with Crippen molar-refractivity contribution in [1.29, 1.82) is 0 Å². The lowest BCUT2D eigenvalue weighted by Crippen LogP contribution is -2.16. The van der Waals surface area contributed by atoms with Crippen molar-refractivity contribution < 1.29 is 4.74 Å². The molecule has 1 heterocycles. The summed E-state index contributed by atoms with van der Waals surface area (Å²) in [5.74, 6) is 3.19. The molecule has 4 heteroatoms. The van der Waals surface area contributed by atoms with Crippen molar-refractivity contribution in [3.8, 4) is 5.88 Å². The number of hydrogen-bond donors (Lipinski definition) is 1. The van der Waals surface area contributed by atoms with Crippen LogP contribution in [0.4, 0.5) is 5.82 Å². The monoisotopic (exact) mass is 251 g/mol. The molecule has 18 heavy (non-hydrogen) atoms. The molecule has 1 aromatic rings. The van der Waals surface area contributed by atoms with Crippen LogP contribution in [0.1, 0.15) is 52.8 Å². The smallest absolute Gasteiger partial charge is 0.218 e. The Labute approximate surface area is 110 Å². The Balaban J connectivity index is 2.84. The standard InChI is InChI=1S/C14H25N3O/c1-9(2)7-11(5)18-13-8-12(15-6)16-14(17-13)10(3)4/h8-11H,7H2,1-6H3,(H,15,16,17). The van der Waals surface area contributed by atoms with Gasteiger partial charge in [-0.1, -0.05) is 27.7 Å². The maximum Gasteiger partial charge on any atom is 0.218 e. The first-order valence-corrected chi connectivity index (χ1v) is 6.65. The second-order valence-electron chi connectivity index (χ2n) is 5.41. The summed E-state index contributed by atoms with van der Waals surface area (Å²) in [4.78, 5) is 8.87. The molecule has 1 atom stereocenters. The Hall–Kier alpha value is -1.32. The maximum absolute atomic E-state index is 5.87. The number of hydrogen-bond acceptors (Lipinski definition) is 4. The number of aromatic nitrogens is 2. The Morgan fingerprint density at radius 1 is 1.17 bits per heavy atom. The minimum absolute atomic E-state index is 0.171. The third-order valence-electron chi connectivity index (χ3n) is 2.62. The van der Waals surface area contributed by atoms with Crippen LogP contribution in [0, 0.1) is 5.92 Å². The Bertz CT molecular complexity index is 377. The molecule has 0 fully saturated rings. The first-order valence-electron chi connectivity index (χ1n) is 6.65. The van der Waals surface area contributed by atoms with E-state index in [-0.39, 0.29) is 6.10 Å². The lowest BCUT2D eigenvalue weighted by Gasteiger charge is -2.17. The first kappa shape index (κ1) is 14.7. The molecule has 102 valence electrons. The van der Waals surface area contributed by atoms with E-state index in [1.54, 1.807) is 0 Å². The number of nitrogens with one attached hydrogen (secondary N) is 1. The zero-order valence-electron chi connectivity index (χ0n) is 12.3. The fourth-order valence-corrected chi connectivity index (χ4v) is 1.81. The minimum Gasteiger partial charge on any atom is -0.474 e. The zero-order valence-corrected chi connectivity index (χ0v) is 12.3. The highest BCUT2D eigenvalue weighted by Crippen LogP contribution is 2.20. The van der Waals surface area contributed by atoms with E-state index in [0.717, 1.165) is 18.1 Å². The van der Waals surface area contributed by atoms with Crippen LogP contribution in [-0.2, 0) is 0 Å². The van der Waals surface area contributed by atoms with E-state index < -0.39 is 0 Å². The molecule has 0 aromatic carbocycles. The minimum atomic E-state index is 0.171. The van der Waals surface area contributed by atoms with Gasteiger partial charge in [0, 0.05) is 19.0 Å². The van der Waals surface area contributed by atoms with Gasteiger partial charge in [-0.15, -0.1) is 0 Å². The van der Waals surface area contributed by atoms with Crippen molar-refractivity contribution in [3.05, 3.63) is 11.9 Å². The van der Waals surface area contributed by atoms with E-state index in [1.165, 1.54) is 0 Å². The van der Waals surface area contributed by atoms with Crippen LogP contribution in [0.5, 0.6) is 5.88 Å². The zero-order chi connectivity index (χ0) is 13.7. The third-order valence-corrected chi connectivity index (χ3v) is 2.62. The van der Waals surface area contributed by atoms with Crippen LogP contribution in [0.15, 0.2) is 6.07 Å². The van der Waals surface area contributed by atoms with Crippen molar-refractivity contribution in [3.63, 3.8) is 0 Å². The number of ether oxygens (including phenoxy) is 1. The lowest BCUT2D eigenvalue weighted by atomic mass is 10.1. The van der Waals surface area contributed by atoms with Crippen LogP contribution in [0.25, 0.3) is 0 Å². The summed E-state index contributed by atoms with van der Waals surface area (Å²) in [6.45, 7) is 10.6. The van der Waals surface area contributed by atoms with Gasteiger partial charge in [0.2, 0.25) is 5.88 Å². The van der Waals surface area contributed by atoms with E-state index in [0.29, 0.717) is 17.7 Å². The summed E-state index contributed by atoms with van der Waals surface area (Å²) in [7, 11) is 1.85. The summed E-state index contributed by atoms with van der Waals surface area (Å²) < 4.78 is 5.87. The third kappa shape index (κ3) is 4.51. The van der Waals surface area contributed by atoms with Gasteiger partial charge in [0.1, 0.15) is 11.6 Å². The van der Waals surface area contributed by atoms with Gasteiger partial charge in [-0.2, -0.15) is 4.98 Å². The summed E-state index contributed by atoms with van der Waals surface area (Å²) in [5, 5.41) is 3.05. The van der Waals surface area contributed by atoms with Crippen molar-refractivity contribution in [2.75, 3.05) is 12.4 Å². The highest BCUT2D eigenvalue weighted by molar-refractivity contribution is 5.38. The molecule has 0 saturated carbocycles. The molecule has 4 nitrogen and oxygen atoms in total. The predicted molar refractivity (Wildman–Crippen MR) is 75.2 cm³/mol. The molecule has 0 radical (unpaired) electrons. The van der Waals surface area contributed by atoms with Gasteiger partial charge >= 0.3 is 0 Å². The molecule has 0 aliphatic rings. The van der Waals surface area contributed by atoms with Crippen LogP contribution in [-0.4, -0.2) is 23.1 Å². The molecule has 1 N–H and O–H groups in total. The summed E-state index contributed by atoms with van der Waals surface area (Å²) >= 11 is 0. The molecule has 0 aliphatic carbocycles. The normalized spacial score (nSPS) is 12.9. The average Bonchev–Trinajstić information content (AvgIpc) is 2.27. The number of rotatable bonds is 6. The van der Waals surface area contributed by atoms with Crippen molar-refractivity contribution >= 4 is 5.82 Å². The SMILES string of the molecule is CNc1cc(OC(C)CC(C)C)nc(C(C)C)n1. The Morgan fingerprint density at radius 2 is 1.83 bits per heavy atom.